The molecule has 0 radical (unpaired) electrons. The van der Waals surface area contributed by atoms with Gasteiger partial charge in [-0.25, -0.2) is 4.79 Å². The van der Waals surface area contributed by atoms with Crippen LogP contribution in [0.2, 0.25) is 0 Å². The van der Waals surface area contributed by atoms with E-state index in [1.165, 1.54) is 12.1 Å². The van der Waals surface area contributed by atoms with Gasteiger partial charge in [-0.1, -0.05) is 6.07 Å². The number of rotatable bonds is 7. The summed E-state index contributed by atoms with van der Waals surface area (Å²) in [5, 5.41) is 11.9. The zero-order valence-corrected chi connectivity index (χ0v) is 13.0. The highest BCUT2D eigenvalue weighted by molar-refractivity contribution is 5.97. The molecule has 0 aliphatic carbocycles. The summed E-state index contributed by atoms with van der Waals surface area (Å²) in [6.07, 6.45) is 0.549. The molecule has 1 atom stereocenters. The zero-order valence-electron chi connectivity index (χ0n) is 13.0. The van der Waals surface area contributed by atoms with Gasteiger partial charge in [0, 0.05) is 19.3 Å². The Labute approximate surface area is 134 Å². The summed E-state index contributed by atoms with van der Waals surface area (Å²) in [6.45, 7) is 2.29. The minimum absolute atomic E-state index is 0.0694. The number of hydrogen-bond donors (Lipinski definition) is 2. The highest BCUT2D eigenvalue weighted by atomic mass is 16.5. The molecular weight excluding hydrogens is 298 g/mol. The summed E-state index contributed by atoms with van der Waals surface area (Å²) >= 11 is 0. The lowest BCUT2D eigenvalue weighted by molar-refractivity contribution is 0.0697. The first kappa shape index (κ1) is 16.8. The number of amides is 1. The van der Waals surface area contributed by atoms with Crippen LogP contribution in [-0.2, 0) is 4.74 Å². The van der Waals surface area contributed by atoms with Crippen LogP contribution in [0.5, 0.6) is 0 Å². The van der Waals surface area contributed by atoms with Crippen LogP contribution in [0, 0.1) is 6.92 Å². The summed E-state index contributed by atoms with van der Waals surface area (Å²) in [6, 6.07) is 9.19. The normalized spacial score (nSPS) is 11.9. The average molecular weight is 317 g/mol. The number of hydrogen-bond acceptors (Lipinski definition) is 4. The monoisotopic (exact) mass is 317 g/mol. The second-order valence-electron chi connectivity index (χ2n) is 5.14. The SMILES string of the molecule is COCCC(NC(=O)c1cccc(C(=O)O)c1)c1ccc(C)o1. The molecule has 1 unspecified atom stereocenters. The fourth-order valence-electron chi connectivity index (χ4n) is 2.20. The molecule has 0 saturated heterocycles. The maximum atomic E-state index is 12.4. The van der Waals surface area contributed by atoms with E-state index in [2.05, 4.69) is 5.32 Å². The van der Waals surface area contributed by atoms with Gasteiger partial charge in [-0.3, -0.25) is 4.79 Å². The molecule has 1 amide bonds. The Bertz CT molecular complexity index is 692. The van der Waals surface area contributed by atoms with Gasteiger partial charge in [0.2, 0.25) is 0 Å². The van der Waals surface area contributed by atoms with E-state index in [-0.39, 0.29) is 23.1 Å². The van der Waals surface area contributed by atoms with Crippen LogP contribution in [0.25, 0.3) is 0 Å². The number of carboxylic acid groups (broad SMARTS) is 1. The molecule has 2 rings (SSSR count). The maximum Gasteiger partial charge on any atom is 0.335 e. The highest BCUT2D eigenvalue weighted by Crippen LogP contribution is 2.20. The number of furan rings is 1. The van der Waals surface area contributed by atoms with Crippen molar-refractivity contribution in [3.05, 3.63) is 59.0 Å². The largest absolute Gasteiger partial charge is 0.478 e. The van der Waals surface area contributed by atoms with E-state index < -0.39 is 5.97 Å². The number of methoxy groups -OCH3 is 1. The minimum atomic E-state index is -1.07. The molecule has 2 N–H and O–H groups in total. The van der Waals surface area contributed by atoms with Crippen molar-refractivity contribution in [1.82, 2.24) is 5.32 Å². The lowest BCUT2D eigenvalue weighted by atomic mass is 10.1. The van der Waals surface area contributed by atoms with Crippen molar-refractivity contribution in [2.75, 3.05) is 13.7 Å². The Morgan fingerprint density at radius 1 is 1.26 bits per heavy atom. The first-order chi connectivity index (χ1) is 11.0. The van der Waals surface area contributed by atoms with E-state index in [1.54, 1.807) is 19.2 Å². The molecule has 6 nitrogen and oxygen atoms in total. The van der Waals surface area contributed by atoms with Crippen LogP contribution in [0.1, 0.15) is 44.7 Å². The van der Waals surface area contributed by atoms with Crippen LogP contribution < -0.4 is 5.32 Å². The number of ether oxygens (including phenoxy) is 1. The van der Waals surface area contributed by atoms with E-state index in [4.69, 9.17) is 14.3 Å². The van der Waals surface area contributed by atoms with E-state index in [0.29, 0.717) is 18.8 Å². The zero-order chi connectivity index (χ0) is 16.8. The number of carbonyl (C=O) groups excluding carboxylic acids is 1. The fraction of sp³-hybridized carbons (Fsp3) is 0.294. The number of nitrogens with one attached hydrogen (secondary N) is 1. The van der Waals surface area contributed by atoms with E-state index in [9.17, 15) is 9.59 Å². The molecule has 122 valence electrons. The second kappa shape index (κ2) is 7.60. The lowest BCUT2D eigenvalue weighted by Crippen LogP contribution is -2.29. The number of benzene rings is 1. The number of aromatic carboxylic acids is 1. The number of aryl methyl sites for hydroxylation is 1. The van der Waals surface area contributed by atoms with Gasteiger partial charge in [0.1, 0.15) is 11.5 Å². The molecule has 0 aliphatic rings. The van der Waals surface area contributed by atoms with Crippen molar-refractivity contribution >= 4 is 11.9 Å². The summed E-state index contributed by atoms with van der Waals surface area (Å²) in [7, 11) is 1.59. The predicted molar refractivity (Wildman–Crippen MR) is 83.5 cm³/mol. The van der Waals surface area contributed by atoms with Crippen LogP contribution in [0.4, 0.5) is 0 Å². The van der Waals surface area contributed by atoms with E-state index in [1.807, 2.05) is 19.1 Å². The van der Waals surface area contributed by atoms with Gasteiger partial charge >= 0.3 is 5.97 Å². The Morgan fingerprint density at radius 2 is 2.00 bits per heavy atom. The van der Waals surface area contributed by atoms with Crippen LogP contribution in [0.15, 0.2) is 40.8 Å². The second-order valence-corrected chi connectivity index (χ2v) is 5.14. The molecule has 1 aromatic carbocycles. The quantitative estimate of drug-likeness (QED) is 0.819. The Morgan fingerprint density at radius 3 is 2.61 bits per heavy atom. The van der Waals surface area contributed by atoms with E-state index in [0.717, 1.165) is 5.76 Å². The lowest BCUT2D eigenvalue weighted by Gasteiger charge is -2.16. The van der Waals surface area contributed by atoms with Crippen molar-refractivity contribution in [2.24, 2.45) is 0 Å². The van der Waals surface area contributed by atoms with Crippen LogP contribution >= 0.6 is 0 Å². The van der Waals surface area contributed by atoms with Gasteiger partial charge in [-0.2, -0.15) is 0 Å². The fourth-order valence-corrected chi connectivity index (χ4v) is 2.20. The number of carbonyl (C=O) groups is 2. The summed E-state index contributed by atoms with van der Waals surface area (Å²) in [5.41, 5.74) is 0.357. The van der Waals surface area contributed by atoms with Crippen LogP contribution in [-0.4, -0.2) is 30.7 Å². The third kappa shape index (κ3) is 4.43. The average Bonchev–Trinajstić information content (AvgIpc) is 2.97. The van der Waals surface area contributed by atoms with Crippen molar-refractivity contribution in [3.8, 4) is 0 Å². The van der Waals surface area contributed by atoms with Crippen molar-refractivity contribution in [3.63, 3.8) is 0 Å². The Kier molecular flexibility index (Phi) is 5.54. The predicted octanol–water partition coefficient (Wildman–Crippen LogP) is 2.79. The molecule has 2 aromatic rings. The molecule has 0 spiro atoms. The van der Waals surface area contributed by atoms with Crippen molar-refractivity contribution < 1.29 is 23.8 Å². The molecule has 23 heavy (non-hydrogen) atoms. The van der Waals surface area contributed by atoms with Gasteiger partial charge in [-0.15, -0.1) is 0 Å². The summed E-state index contributed by atoms with van der Waals surface area (Å²) in [4.78, 5) is 23.4. The topological polar surface area (TPSA) is 88.8 Å². The van der Waals surface area contributed by atoms with Gasteiger partial charge in [-0.05, 0) is 43.7 Å². The van der Waals surface area contributed by atoms with Gasteiger partial charge in [0.25, 0.3) is 5.91 Å². The smallest absolute Gasteiger partial charge is 0.335 e. The third-order valence-electron chi connectivity index (χ3n) is 3.39. The molecule has 1 aromatic heterocycles. The van der Waals surface area contributed by atoms with Crippen molar-refractivity contribution in [2.45, 2.75) is 19.4 Å². The summed E-state index contributed by atoms with van der Waals surface area (Å²) in [5.74, 6) is -0.0349. The maximum absolute atomic E-state index is 12.4. The van der Waals surface area contributed by atoms with Crippen LogP contribution in [0.3, 0.4) is 0 Å². The highest BCUT2D eigenvalue weighted by Gasteiger charge is 2.19. The minimum Gasteiger partial charge on any atom is -0.478 e. The first-order valence-electron chi connectivity index (χ1n) is 7.20. The molecule has 1 heterocycles. The standard InChI is InChI=1S/C17H19NO5/c1-11-6-7-15(23-11)14(8-9-22-2)18-16(19)12-4-3-5-13(10-12)17(20)21/h3-7,10,14H,8-9H2,1-2H3,(H,18,19)(H,20,21). The van der Waals surface area contributed by atoms with E-state index >= 15 is 0 Å². The molecule has 6 heteroatoms. The van der Waals surface area contributed by atoms with Crippen molar-refractivity contribution in [1.29, 1.82) is 0 Å². The third-order valence-corrected chi connectivity index (χ3v) is 3.39. The Balaban J connectivity index is 2.16. The summed E-state index contributed by atoms with van der Waals surface area (Å²) < 4.78 is 10.6. The van der Waals surface area contributed by atoms with Gasteiger partial charge < -0.3 is 19.6 Å². The number of carboxylic acids is 1. The Hall–Kier alpha value is -2.60. The molecule has 0 saturated carbocycles. The molecular formula is C17H19NO5. The van der Waals surface area contributed by atoms with Gasteiger partial charge in [0.15, 0.2) is 0 Å². The molecule has 0 bridgehead atoms. The molecule has 0 fully saturated rings. The van der Waals surface area contributed by atoms with Gasteiger partial charge in [0.05, 0.1) is 11.6 Å². The molecule has 0 aliphatic heterocycles. The first-order valence-corrected chi connectivity index (χ1v) is 7.20.